The Labute approximate surface area is 154 Å². The Kier molecular flexibility index (Phi) is 3.59. The van der Waals surface area contributed by atoms with E-state index in [0.29, 0.717) is 17.7 Å². The third-order valence-corrected chi connectivity index (χ3v) is 6.27. The van der Waals surface area contributed by atoms with Crippen molar-refractivity contribution >= 4 is 17.7 Å². The van der Waals surface area contributed by atoms with Crippen molar-refractivity contribution in [1.29, 1.82) is 0 Å². The van der Waals surface area contributed by atoms with Crippen molar-refractivity contribution in [2.45, 2.75) is 59.0 Å². The number of hydrogen-bond donors (Lipinski definition) is 0. The van der Waals surface area contributed by atoms with Gasteiger partial charge in [0.2, 0.25) is 5.91 Å². The number of likely N-dealkylation sites (tertiary alicyclic amines) is 1. The zero-order chi connectivity index (χ0) is 18.9. The molecule has 138 valence electrons. The molecular weight excluding hydrogens is 328 g/mol. The standard InChI is InChI=1S/C21H26N2O3/c1-13(23-18(25)15-7-5-6-8-16(15)19(23)26)17(24)22-12-21(4)10-14(22)9-20(2,3)11-21/h5-8,13-14H,9-12H2,1-4H3/t13-,14-,21-/m1/s1. The van der Waals surface area contributed by atoms with E-state index in [1.165, 1.54) is 0 Å². The van der Waals surface area contributed by atoms with Crippen LogP contribution in [0.5, 0.6) is 0 Å². The largest absolute Gasteiger partial charge is 0.337 e. The Hall–Kier alpha value is -2.17. The number of amides is 3. The van der Waals surface area contributed by atoms with E-state index in [9.17, 15) is 14.4 Å². The topological polar surface area (TPSA) is 57.7 Å². The molecule has 0 aromatic heterocycles. The molecule has 3 amide bonds. The SMILES string of the molecule is C[C@H](C(=O)N1C[C@]2(C)C[C@H]1CC(C)(C)C2)N1C(=O)c2ccccc2C1=O. The van der Waals surface area contributed by atoms with Gasteiger partial charge in [0.1, 0.15) is 6.04 Å². The van der Waals surface area contributed by atoms with Crippen molar-refractivity contribution in [1.82, 2.24) is 9.80 Å². The zero-order valence-corrected chi connectivity index (χ0v) is 15.9. The molecule has 1 aromatic carbocycles. The predicted molar refractivity (Wildman–Crippen MR) is 97.6 cm³/mol. The van der Waals surface area contributed by atoms with Crippen LogP contribution >= 0.6 is 0 Å². The summed E-state index contributed by atoms with van der Waals surface area (Å²) in [5, 5.41) is 0. The van der Waals surface area contributed by atoms with Crippen LogP contribution in [0.3, 0.4) is 0 Å². The normalized spacial score (nSPS) is 30.5. The summed E-state index contributed by atoms with van der Waals surface area (Å²) in [7, 11) is 0. The number of fused-ring (bicyclic) bond motifs is 3. The van der Waals surface area contributed by atoms with Crippen molar-refractivity contribution in [3.8, 4) is 0 Å². The summed E-state index contributed by atoms with van der Waals surface area (Å²) in [5.74, 6) is -0.828. The first-order valence-corrected chi connectivity index (χ1v) is 9.39. The molecule has 2 heterocycles. The van der Waals surface area contributed by atoms with Crippen LogP contribution < -0.4 is 0 Å². The summed E-state index contributed by atoms with van der Waals surface area (Å²) < 4.78 is 0. The van der Waals surface area contributed by atoms with Crippen molar-refractivity contribution < 1.29 is 14.4 Å². The summed E-state index contributed by atoms with van der Waals surface area (Å²) in [6, 6.07) is 6.22. The average molecular weight is 354 g/mol. The molecule has 2 fully saturated rings. The summed E-state index contributed by atoms with van der Waals surface area (Å²) in [6.07, 6.45) is 3.09. The number of benzene rings is 1. The Bertz CT molecular complexity index is 780. The van der Waals surface area contributed by atoms with Gasteiger partial charge in [0.15, 0.2) is 0 Å². The van der Waals surface area contributed by atoms with Crippen LogP contribution in [0.1, 0.15) is 67.7 Å². The molecule has 1 aliphatic carbocycles. The molecule has 0 spiro atoms. The Morgan fingerprint density at radius 1 is 1.08 bits per heavy atom. The van der Waals surface area contributed by atoms with Crippen LogP contribution in [0.4, 0.5) is 0 Å². The Morgan fingerprint density at radius 3 is 2.23 bits per heavy atom. The third-order valence-electron chi connectivity index (χ3n) is 6.27. The Morgan fingerprint density at radius 2 is 1.65 bits per heavy atom. The van der Waals surface area contributed by atoms with Gasteiger partial charge in [0.25, 0.3) is 11.8 Å². The van der Waals surface area contributed by atoms with E-state index in [-0.39, 0.29) is 34.6 Å². The van der Waals surface area contributed by atoms with Gasteiger partial charge < -0.3 is 4.90 Å². The van der Waals surface area contributed by atoms with Crippen molar-refractivity contribution in [2.24, 2.45) is 10.8 Å². The average Bonchev–Trinajstić information content (AvgIpc) is 2.96. The molecule has 5 nitrogen and oxygen atoms in total. The van der Waals surface area contributed by atoms with E-state index in [4.69, 9.17) is 0 Å². The summed E-state index contributed by atoms with van der Waals surface area (Å²) in [4.78, 5) is 41.7. The fourth-order valence-electron chi connectivity index (χ4n) is 5.63. The monoisotopic (exact) mass is 354 g/mol. The van der Waals surface area contributed by atoms with Gasteiger partial charge in [0.05, 0.1) is 11.1 Å². The van der Waals surface area contributed by atoms with Crippen molar-refractivity contribution in [3.05, 3.63) is 35.4 Å². The second kappa shape index (κ2) is 5.41. The van der Waals surface area contributed by atoms with Crippen LogP contribution in [0.2, 0.25) is 0 Å². The van der Waals surface area contributed by atoms with Gasteiger partial charge in [0, 0.05) is 12.6 Å². The van der Waals surface area contributed by atoms with E-state index < -0.39 is 6.04 Å². The van der Waals surface area contributed by atoms with Crippen LogP contribution in [-0.2, 0) is 4.79 Å². The van der Waals surface area contributed by atoms with Crippen LogP contribution in [0.15, 0.2) is 24.3 Å². The number of nitrogens with zero attached hydrogens (tertiary/aromatic N) is 2. The third kappa shape index (κ3) is 2.48. The maximum absolute atomic E-state index is 13.3. The van der Waals surface area contributed by atoms with E-state index in [1.54, 1.807) is 31.2 Å². The highest BCUT2D eigenvalue weighted by Crippen LogP contribution is 2.52. The highest BCUT2D eigenvalue weighted by Gasteiger charge is 2.52. The molecule has 4 rings (SSSR count). The van der Waals surface area contributed by atoms with E-state index in [2.05, 4.69) is 20.8 Å². The second-order valence-electron chi connectivity index (χ2n) is 9.38. The lowest BCUT2D eigenvalue weighted by Gasteiger charge is -2.39. The summed E-state index contributed by atoms with van der Waals surface area (Å²) in [5.41, 5.74) is 1.13. The van der Waals surface area contributed by atoms with Gasteiger partial charge >= 0.3 is 0 Å². The number of rotatable bonds is 2. The molecular formula is C21H26N2O3. The minimum atomic E-state index is -0.770. The number of carbonyl (C=O) groups is 3. The molecule has 26 heavy (non-hydrogen) atoms. The number of hydrogen-bond acceptors (Lipinski definition) is 3. The van der Waals surface area contributed by atoms with Gasteiger partial charge in [-0.15, -0.1) is 0 Å². The molecule has 0 unspecified atom stereocenters. The van der Waals surface area contributed by atoms with Gasteiger partial charge in [-0.1, -0.05) is 32.9 Å². The predicted octanol–water partition coefficient (Wildman–Crippen LogP) is 3.10. The highest BCUT2D eigenvalue weighted by atomic mass is 16.2. The minimum Gasteiger partial charge on any atom is -0.337 e. The molecule has 1 saturated carbocycles. The first kappa shape index (κ1) is 17.3. The molecule has 0 N–H and O–H groups in total. The van der Waals surface area contributed by atoms with Crippen LogP contribution in [0.25, 0.3) is 0 Å². The lowest BCUT2D eigenvalue weighted by Crippen LogP contribution is -2.51. The molecule has 1 aromatic rings. The van der Waals surface area contributed by atoms with E-state index in [1.807, 2.05) is 4.90 Å². The van der Waals surface area contributed by atoms with E-state index in [0.717, 1.165) is 24.2 Å². The van der Waals surface area contributed by atoms with Crippen LogP contribution in [0, 0.1) is 10.8 Å². The van der Waals surface area contributed by atoms with Crippen LogP contribution in [-0.4, -0.2) is 46.1 Å². The quantitative estimate of drug-likeness (QED) is 0.767. The smallest absolute Gasteiger partial charge is 0.262 e. The molecule has 0 radical (unpaired) electrons. The van der Waals surface area contributed by atoms with Crippen molar-refractivity contribution in [3.63, 3.8) is 0 Å². The fourth-order valence-corrected chi connectivity index (χ4v) is 5.63. The van der Waals surface area contributed by atoms with Gasteiger partial charge in [-0.2, -0.15) is 0 Å². The van der Waals surface area contributed by atoms with E-state index >= 15 is 0 Å². The fraction of sp³-hybridized carbons (Fsp3) is 0.571. The molecule has 3 aliphatic rings. The molecule has 2 bridgehead atoms. The first-order valence-electron chi connectivity index (χ1n) is 9.39. The molecule has 2 aliphatic heterocycles. The minimum absolute atomic E-state index is 0.106. The second-order valence-corrected chi connectivity index (χ2v) is 9.38. The zero-order valence-electron chi connectivity index (χ0n) is 15.9. The molecule has 1 saturated heterocycles. The number of carbonyl (C=O) groups excluding carboxylic acids is 3. The maximum atomic E-state index is 13.3. The highest BCUT2D eigenvalue weighted by molar-refractivity contribution is 6.22. The van der Waals surface area contributed by atoms with Crippen molar-refractivity contribution in [2.75, 3.05) is 6.54 Å². The molecule has 3 atom stereocenters. The molecule has 5 heteroatoms. The lowest BCUT2D eigenvalue weighted by atomic mass is 9.65. The van der Waals surface area contributed by atoms with Gasteiger partial charge in [-0.3, -0.25) is 19.3 Å². The van der Waals surface area contributed by atoms with Gasteiger partial charge in [-0.25, -0.2) is 0 Å². The van der Waals surface area contributed by atoms with Gasteiger partial charge in [-0.05, 0) is 49.1 Å². The maximum Gasteiger partial charge on any atom is 0.262 e. The summed E-state index contributed by atoms with van der Waals surface area (Å²) in [6.45, 7) is 9.17. The lowest BCUT2D eigenvalue weighted by molar-refractivity contribution is -0.136. The summed E-state index contributed by atoms with van der Waals surface area (Å²) >= 11 is 0. The Balaban J connectivity index is 1.59. The first-order chi connectivity index (χ1) is 12.1. The number of imide groups is 1.